The Morgan fingerprint density at radius 3 is 2.75 bits per heavy atom. The topological polar surface area (TPSA) is 79.5 Å². The molecule has 3 amide bonds. The quantitative estimate of drug-likeness (QED) is 0.663. The average Bonchev–Trinajstić information content (AvgIpc) is 2.44. The van der Waals surface area contributed by atoms with Gasteiger partial charge in [-0.3, -0.25) is 4.79 Å². The van der Waals surface area contributed by atoms with Crippen molar-refractivity contribution >= 4 is 17.6 Å². The zero-order valence-electron chi connectivity index (χ0n) is 11.9. The van der Waals surface area contributed by atoms with E-state index in [2.05, 4.69) is 16.0 Å². The SMILES string of the molecule is CCNC(=O)c1cccc(NC(=O)NCCCOC)c1. The smallest absolute Gasteiger partial charge is 0.319 e. The first-order valence-electron chi connectivity index (χ1n) is 6.59. The summed E-state index contributed by atoms with van der Waals surface area (Å²) < 4.78 is 4.89. The lowest BCUT2D eigenvalue weighted by atomic mass is 10.2. The fraction of sp³-hybridized carbons (Fsp3) is 0.429. The highest BCUT2D eigenvalue weighted by Crippen LogP contribution is 2.10. The number of urea groups is 1. The van der Waals surface area contributed by atoms with Gasteiger partial charge in [-0.05, 0) is 31.5 Å². The fourth-order valence-corrected chi connectivity index (χ4v) is 1.59. The third-order valence-corrected chi connectivity index (χ3v) is 2.53. The van der Waals surface area contributed by atoms with Gasteiger partial charge in [0.05, 0.1) is 0 Å². The number of hydrogen-bond donors (Lipinski definition) is 3. The first-order chi connectivity index (χ1) is 9.67. The number of amides is 3. The van der Waals surface area contributed by atoms with Crippen LogP contribution in [-0.4, -0.2) is 38.7 Å². The molecule has 0 unspecified atom stereocenters. The fourth-order valence-electron chi connectivity index (χ4n) is 1.59. The molecule has 1 aromatic carbocycles. The molecule has 0 aromatic heterocycles. The van der Waals surface area contributed by atoms with E-state index in [1.165, 1.54) is 0 Å². The first-order valence-corrected chi connectivity index (χ1v) is 6.59. The van der Waals surface area contributed by atoms with Gasteiger partial charge in [-0.25, -0.2) is 4.79 Å². The third kappa shape index (κ3) is 5.71. The maximum atomic E-state index is 11.7. The van der Waals surface area contributed by atoms with Crippen LogP contribution in [0.4, 0.5) is 10.5 Å². The summed E-state index contributed by atoms with van der Waals surface area (Å²) in [5.41, 5.74) is 1.10. The lowest BCUT2D eigenvalue weighted by Crippen LogP contribution is -2.30. The van der Waals surface area contributed by atoms with E-state index in [4.69, 9.17) is 4.74 Å². The lowest BCUT2D eigenvalue weighted by Gasteiger charge is -2.09. The Labute approximate surface area is 118 Å². The summed E-state index contributed by atoms with van der Waals surface area (Å²) in [6.45, 7) is 3.56. The molecule has 0 atom stereocenters. The number of carbonyl (C=O) groups is 2. The number of methoxy groups -OCH3 is 1. The van der Waals surface area contributed by atoms with Crippen LogP contribution >= 0.6 is 0 Å². The van der Waals surface area contributed by atoms with Gasteiger partial charge in [0.1, 0.15) is 0 Å². The minimum absolute atomic E-state index is 0.156. The molecule has 0 aliphatic carbocycles. The van der Waals surface area contributed by atoms with E-state index in [0.717, 1.165) is 6.42 Å². The van der Waals surface area contributed by atoms with Crippen LogP contribution in [-0.2, 0) is 4.74 Å². The van der Waals surface area contributed by atoms with Crippen LogP contribution in [0, 0.1) is 0 Å². The minimum atomic E-state index is -0.297. The molecule has 1 aromatic rings. The molecule has 0 radical (unpaired) electrons. The molecule has 6 nitrogen and oxygen atoms in total. The number of hydrogen-bond acceptors (Lipinski definition) is 3. The Hall–Kier alpha value is -2.08. The van der Waals surface area contributed by atoms with E-state index in [-0.39, 0.29) is 11.9 Å². The molecule has 6 heteroatoms. The second-order valence-electron chi connectivity index (χ2n) is 4.17. The predicted octanol–water partition coefficient (Wildman–Crippen LogP) is 1.59. The van der Waals surface area contributed by atoms with Crippen molar-refractivity contribution < 1.29 is 14.3 Å². The molecular formula is C14H21N3O3. The molecule has 0 bridgehead atoms. The van der Waals surface area contributed by atoms with Gasteiger partial charge >= 0.3 is 6.03 Å². The van der Waals surface area contributed by atoms with Crippen LogP contribution in [0.25, 0.3) is 0 Å². The van der Waals surface area contributed by atoms with Gasteiger partial charge in [-0.15, -0.1) is 0 Å². The van der Waals surface area contributed by atoms with Crippen molar-refractivity contribution in [3.63, 3.8) is 0 Å². The van der Waals surface area contributed by atoms with Crippen molar-refractivity contribution in [2.24, 2.45) is 0 Å². The zero-order valence-corrected chi connectivity index (χ0v) is 11.9. The molecule has 0 fully saturated rings. The summed E-state index contributed by atoms with van der Waals surface area (Å²) >= 11 is 0. The molecule has 0 aliphatic rings. The molecule has 0 heterocycles. The van der Waals surface area contributed by atoms with Crippen molar-refractivity contribution in [2.45, 2.75) is 13.3 Å². The van der Waals surface area contributed by atoms with Crippen LogP contribution < -0.4 is 16.0 Å². The number of rotatable bonds is 7. The van der Waals surface area contributed by atoms with Crippen LogP contribution in [0.3, 0.4) is 0 Å². The highest BCUT2D eigenvalue weighted by Gasteiger charge is 2.06. The maximum Gasteiger partial charge on any atom is 0.319 e. The van der Waals surface area contributed by atoms with E-state index < -0.39 is 0 Å². The van der Waals surface area contributed by atoms with E-state index >= 15 is 0 Å². The highest BCUT2D eigenvalue weighted by molar-refractivity contribution is 5.96. The lowest BCUT2D eigenvalue weighted by molar-refractivity contribution is 0.0956. The van der Waals surface area contributed by atoms with Crippen molar-refractivity contribution in [1.82, 2.24) is 10.6 Å². The molecule has 0 saturated carbocycles. The summed E-state index contributed by atoms with van der Waals surface area (Å²) in [4.78, 5) is 23.3. The molecule has 3 N–H and O–H groups in total. The number of benzene rings is 1. The van der Waals surface area contributed by atoms with Crippen LogP contribution in [0.1, 0.15) is 23.7 Å². The summed E-state index contributed by atoms with van der Waals surface area (Å²) in [6.07, 6.45) is 0.753. The van der Waals surface area contributed by atoms with Gasteiger partial charge in [0.25, 0.3) is 5.91 Å². The third-order valence-electron chi connectivity index (χ3n) is 2.53. The summed E-state index contributed by atoms with van der Waals surface area (Å²) in [5, 5.41) is 8.10. The zero-order chi connectivity index (χ0) is 14.8. The first kappa shape index (κ1) is 16.0. The average molecular weight is 279 g/mol. The second kappa shape index (κ2) is 8.92. The van der Waals surface area contributed by atoms with E-state index in [1.54, 1.807) is 31.4 Å². The van der Waals surface area contributed by atoms with Crippen molar-refractivity contribution in [1.29, 1.82) is 0 Å². The Bertz CT molecular complexity index is 449. The normalized spacial score (nSPS) is 9.90. The van der Waals surface area contributed by atoms with Gasteiger partial charge in [-0.1, -0.05) is 6.07 Å². The van der Waals surface area contributed by atoms with Gasteiger partial charge in [0.15, 0.2) is 0 Å². The molecule has 0 aliphatic heterocycles. The van der Waals surface area contributed by atoms with Gasteiger partial charge in [0.2, 0.25) is 0 Å². The Morgan fingerprint density at radius 2 is 2.05 bits per heavy atom. The molecule has 20 heavy (non-hydrogen) atoms. The highest BCUT2D eigenvalue weighted by atomic mass is 16.5. The van der Waals surface area contributed by atoms with E-state index in [9.17, 15) is 9.59 Å². The predicted molar refractivity (Wildman–Crippen MR) is 78.0 cm³/mol. The molecule has 1 rings (SSSR count). The Morgan fingerprint density at radius 1 is 1.25 bits per heavy atom. The molecule has 0 spiro atoms. The van der Waals surface area contributed by atoms with Crippen molar-refractivity contribution in [3.05, 3.63) is 29.8 Å². The second-order valence-corrected chi connectivity index (χ2v) is 4.17. The van der Waals surface area contributed by atoms with Gasteiger partial charge in [0, 0.05) is 38.1 Å². The summed E-state index contributed by atoms with van der Waals surface area (Å²) in [5.74, 6) is -0.156. The largest absolute Gasteiger partial charge is 0.385 e. The number of nitrogens with one attached hydrogen (secondary N) is 3. The van der Waals surface area contributed by atoms with Crippen LogP contribution in [0.15, 0.2) is 24.3 Å². The summed E-state index contributed by atoms with van der Waals surface area (Å²) in [6, 6.07) is 6.50. The standard InChI is InChI=1S/C14H21N3O3/c1-3-15-13(18)11-6-4-7-12(10-11)17-14(19)16-8-5-9-20-2/h4,6-7,10H,3,5,8-9H2,1-2H3,(H,15,18)(H2,16,17,19). The van der Waals surface area contributed by atoms with E-state index in [0.29, 0.717) is 30.9 Å². The number of carbonyl (C=O) groups excluding carboxylic acids is 2. The number of anilines is 1. The molecular weight excluding hydrogens is 258 g/mol. The maximum absolute atomic E-state index is 11.7. The van der Waals surface area contributed by atoms with Crippen LogP contribution in [0.2, 0.25) is 0 Å². The molecule has 110 valence electrons. The Kier molecular flexibility index (Phi) is 7.13. The van der Waals surface area contributed by atoms with Crippen molar-refractivity contribution in [3.8, 4) is 0 Å². The van der Waals surface area contributed by atoms with Crippen molar-refractivity contribution in [2.75, 3.05) is 32.1 Å². The monoisotopic (exact) mass is 279 g/mol. The minimum Gasteiger partial charge on any atom is -0.385 e. The van der Waals surface area contributed by atoms with E-state index in [1.807, 2.05) is 6.92 Å². The van der Waals surface area contributed by atoms with Gasteiger partial charge < -0.3 is 20.7 Å². The number of ether oxygens (including phenoxy) is 1. The Balaban J connectivity index is 2.49. The molecule has 0 saturated heterocycles. The summed E-state index contributed by atoms with van der Waals surface area (Å²) in [7, 11) is 1.62. The van der Waals surface area contributed by atoms with Crippen LogP contribution in [0.5, 0.6) is 0 Å². The van der Waals surface area contributed by atoms with Gasteiger partial charge in [-0.2, -0.15) is 0 Å².